The van der Waals surface area contributed by atoms with Crippen molar-refractivity contribution in [3.8, 4) is 22.8 Å². The summed E-state index contributed by atoms with van der Waals surface area (Å²) in [6.07, 6.45) is 1.69. The van der Waals surface area contributed by atoms with Gasteiger partial charge in [-0.2, -0.15) is 10.2 Å². The van der Waals surface area contributed by atoms with Gasteiger partial charge in [-0.15, -0.1) is 0 Å². The van der Waals surface area contributed by atoms with Crippen LogP contribution in [0.1, 0.15) is 37.5 Å². The standard InChI is InChI=1S/C31H33FN6O3/c1-19-5-6-20(15-25(19)31(2,3)4)26-16-29(37-36-26)35-30(40)33-17-22-13-23(32)7-10-28(22)41-24-8-9-27-21(14-24)18-34-38(27)11-12-39/h5-10,13-16,18,39H,11-12,17H2,1-4H3,(H3,33,35,36,37,40). The minimum atomic E-state index is -0.490. The zero-order valence-electron chi connectivity index (χ0n) is 23.5. The summed E-state index contributed by atoms with van der Waals surface area (Å²) in [6, 6.07) is 17.1. The van der Waals surface area contributed by atoms with Crippen LogP contribution in [0, 0.1) is 12.7 Å². The van der Waals surface area contributed by atoms with Crippen LogP contribution in [0.3, 0.4) is 0 Å². The zero-order valence-corrected chi connectivity index (χ0v) is 23.5. The molecule has 9 nitrogen and oxygen atoms in total. The fourth-order valence-electron chi connectivity index (χ4n) is 4.78. The molecule has 10 heteroatoms. The van der Waals surface area contributed by atoms with E-state index >= 15 is 0 Å². The van der Waals surface area contributed by atoms with E-state index in [2.05, 4.69) is 65.8 Å². The highest BCUT2D eigenvalue weighted by Crippen LogP contribution is 2.31. The van der Waals surface area contributed by atoms with Crippen molar-refractivity contribution in [2.75, 3.05) is 11.9 Å². The molecule has 0 aliphatic heterocycles. The highest BCUT2D eigenvalue weighted by atomic mass is 19.1. The minimum Gasteiger partial charge on any atom is -0.457 e. The van der Waals surface area contributed by atoms with E-state index in [0.29, 0.717) is 29.4 Å². The van der Waals surface area contributed by atoms with E-state index in [9.17, 15) is 14.3 Å². The Morgan fingerprint density at radius 2 is 1.93 bits per heavy atom. The van der Waals surface area contributed by atoms with Gasteiger partial charge in [0.2, 0.25) is 0 Å². The average Bonchev–Trinajstić information content (AvgIpc) is 3.55. The summed E-state index contributed by atoms with van der Waals surface area (Å²) in [6.45, 7) is 9.02. The Labute approximate surface area is 237 Å². The molecule has 0 aliphatic rings. The monoisotopic (exact) mass is 556 g/mol. The Hall–Kier alpha value is -4.70. The van der Waals surface area contributed by atoms with Crippen LogP contribution in [-0.4, -0.2) is 37.7 Å². The lowest BCUT2D eigenvalue weighted by Crippen LogP contribution is -2.28. The van der Waals surface area contributed by atoms with E-state index in [0.717, 1.165) is 22.2 Å². The molecular weight excluding hydrogens is 523 g/mol. The fraction of sp³-hybridized carbons (Fsp3) is 0.258. The average molecular weight is 557 g/mol. The predicted octanol–water partition coefficient (Wildman–Crippen LogP) is 6.28. The summed E-state index contributed by atoms with van der Waals surface area (Å²) in [5.74, 6) is 0.860. The Kier molecular flexibility index (Phi) is 7.76. The zero-order chi connectivity index (χ0) is 29.1. The minimum absolute atomic E-state index is 0.00311. The molecule has 2 aromatic heterocycles. The highest BCUT2D eigenvalue weighted by molar-refractivity contribution is 5.89. The van der Waals surface area contributed by atoms with Crippen LogP contribution in [0.2, 0.25) is 0 Å². The number of carbonyl (C=O) groups excluding carboxylic acids is 1. The lowest BCUT2D eigenvalue weighted by molar-refractivity contribution is 0.251. The first kappa shape index (κ1) is 27.9. The molecule has 0 saturated carbocycles. The van der Waals surface area contributed by atoms with Crippen LogP contribution >= 0.6 is 0 Å². The number of aliphatic hydroxyl groups excluding tert-OH is 1. The number of H-pyrrole nitrogens is 1. The van der Waals surface area contributed by atoms with E-state index in [1.54, 1.807) is 23.0 Å². The number of ether oxygens (including phenoxy) is 1. The number of hydrogen-bond acceptors (Lipinski definition) is 5. The third-order valence-electron chi connectivity index (χ3n) is 6.79. The van der Waals surface area contributed by atoms with Gasteiger partial charge in [0.15, 0.2) is 5.82 Å². The number of nitrogens with zero attached hydrogens (tertiary/aromatic N) is 3. The summed E-state index contributed by atoms with van der Waals surface area (Å²) in [5.41, 5.74) is 5.54. The molecule has 0 aliphatic carbocycles. The van der Waals surface area contributed by atoms with Crippen LogP contribution in [0.4, 0.5) is 15.0 Å². The number of aliphatic hydroxyl groups is 1. The van der Waals surface area contributed by atoms with Crippen LogP contribution in [0.5, 0.6) is 11.5 Å². The number of aryl methyl sites for hydroxylation is 1. The molecule has 2 amide bonds. The molecule has 4 N–H and O–H groups in total. The molecule has 3 aromatic carbocycles. The fourth-order valence-corrected chi connectivity index (χ4v) is 4.78. The number of amides is 2. The SMILES string of the molecule is Cc1ccc(-c2cc(NC(=O)NCc3cc(F)ccc3Oc3ccc4c(cnn4CCO)c3)n[nH]2)cc1C(C)(C)C. The Morgan fingerprint density at radius 1 is 1.10 bits per heavy atom. The molecule has 0 saturated heterocycles. The Morgan fingerprint density at radius 3 is 2.71 bits per heavy atom. The number of urea groups is 1. The first-order valence-electron chi connectivity index (χ1n) is 13.4. The van der Waals surface area contributed by atoms with Crippen molar-refractivity contribution in [2.45, 2.75) is 46.2 Å². The number of nitrogens with one attached hydrogen (secondary N) is 3. The third kappa shape index (κ3) is 6.38. The topological polar surface area (TPSA) is 117 Å². The largest absolute Gasteiger partial charge is 0.457 e. The molecule has 5 rings (SSSR count). The van der Waals surface area contributed by atoms with Crippen molar-refractivity contribution in [1.29, 1.82) is 0 Å². The van der Waals surface area contributed by atoms with Crippen molar-refractivity contribution in [3.63, 3.8) is 0 Å². The van der Waals surface area contributed by atoms with E-state index in [4.69, 9.17) is 4.74 Å². The number of rotatable bonds is 8. The number of hydrogen-bond donors (Lipinski definition) is 4. The first-order chi connectivity index (χ1) is 19.6. The maximum Gasteiger partial charge on any atom is 0.320 e. The predicted molar refractivity (Wildman–Crippen MR) is 157 cm³/mol. The van der Waals surface area contributed by atoms with Crippen molar-refractivity contribution in [3.05, 3.63) is 89.4 Å². The summed E-state index contributed by atoms with van der Waals surface area (Å²) in [4.78, 5) is 12.7. The molecule has 41 heavy (non-hydrogen) atoms. The van der Waals surface area contributed by atoms with Gasteiger partial charge in [-0.3, -0.25) is 15.1 Å². The van der Waals surface area contributed by atoms with Gasteiger partial charge >= 0.3 is 6.03 Å². The second-order valence-corrected chi connectivity index (χ2v) is 10.9. The number of fused-ring (bicyclic) bond motifs is 1. The molecule has 5 aromatic rings. The van der Waals surface area contributed by atoms with Gasteiger partial charge < -0.3 is 15.2 Å². The van der Waals surface area contributed by atoms with Gasteiger partial charge in [-0.1, -0.05) is 32.9 Å². The quantitative estimate of drug-likeness (QED) is 0.180. The van der Waals surface area contributed by atoms with E-state index in [1.807, 2.05) is 18.2 Å². The van der Waals surface area contributed by atoms with E-state index in [-0.39, 0.29) is 18.6 Å². The van der Waals surface area contributed by atoms with E-state index in [1.165, 1.54) is 29.3 Å². The Bertz CT molecular complexity index is 1700. The number of benzene rings is 3. The van der Waals surface area contributed by atoms with E-state index < -0.39 is 11.8 Å². The molecule has 0 spiro atoms. The summed E-state index contributed by atoms with van der Waals surface area (Å²) in [7, 11) is 0. The molecule has 0 unspecified atom stereocenters. The van der Waals surface area contributed by atoms with Gasteiger partial charge in [0.25, 0.3) is 0 Å². The van der Waals surface area contributed by atoms with Crippen molar-refractivity contribution >= 4 is 22.8 Å². The van der Waals surface area contributed by atoms with Gasteiger partial charge in [-0.25, -0.2) is 9.18 Å². The first-order valence-corrected chi connectivity index (χ1v) is 13.4. The second-order valence-electron chi connectivity index (χ2n) is 10.9. The Balaban J connectivity index is 1.25. The normalized spacial score (nSPS) is 11.6. The van der Waals surface area contributed by atoms with Gasteiger partial charge in [0.1, 0.15) is 17.3 Å². The van der Waals surface area contributed by atoms with Crippen molar-refractivity contribution in [2.24, 2.45) is 0 Å². The second kappa shape index (κ2) is 11.4. The van der Waals surface area contributed by atoms with Crippen LogP contribution in [0.15, 0.2) is 66.9 Å². The molecule has 2 heterocycles. The molecule has 0 bridgehead atoms. The molecule has 0 fully saturated rings. The number of halogens is 1. The number of carbonyl (C=O) groups is 1. The van der Waals surface area contributed by atoms with Crippen molar-refractivity contribution < 1.29 is 19.0 Å². The summed E-state index contributed by atoms with van der Waals surface area (Å²) >= 11 is 0. The molecule has 212 valence electrons. The molecule has 0 atom stereocenters. The number of anilines is 1. The number of aromatic nitrogens is 4. The lowest BCUT2D eigenvalue weighted by Gasteiger charge is -2.22. The van der Waals surface area contributed by atoms with Crippen LogP contribution in [0.25, 0.3) is 22.2 Å². The lowest BCUT2D eigenvalue weighted by atomic mass is 9.83. The molecular formula is C31H33FN6O3. The maximum absolute atomic E-state index is 14.1. The smallest absolute Gasteiger partial charge is 0.320 e. The van der Waals surface area contributed by atoms with Gasteiger partial charge in [-0.05, 0) is 71.5 Å². The highest BCUT2D eigenvalue weighted by Gasteiger charge is 2.18. The maximum atomic E-state index is 14.1. The van der Waals surface area contributed by atoms with Crippen LogP contribution in [-0.2, 0) is 18.5 Å². The number of aromatic amines is 1. The van der Waals surface area contributed by atoms with Gasteiger partial charge in [0.05, 0.1) is 30.6 Å². The summed E-state index contributed by atoms with van der Waals surface area (Å²) < 4.78 is 21.9. The molecule has 0 radical (unpaired) electrons. The summed E-state index contributed by atoms with van der Waals surface area (Å²) in [5, 5.41) is 27.0. The van der Waals surface area contributed by atoms with Gasteiger partial charge in [0, 0.05) is 23.6 Å². The third-order valence-corrected chi connectivity index (χ3v) is 6.79. The van der Waals surface area contributed by atoms with Crippen molar-refractivity contribution in [1.82, 2.24) is 25.3 Å². The van der Waals surface area contributed by atoms with Crippen LogP contribution < -0.4 is 15.4 Å².